The van der Waals surface area contributed by atoms with E-state index in [2.05, 4.69) is 20.2 Å². The number of nitrogens with one attached hydrogen (secondary N) is 2. The fraction of sp³-hybridized carbons (Fsp3) is 0.389. The van der Waals surface area contributed by atoms with Crippen molar-refractivity contribution in [2.45, 2.75) is 13.5 Å². The third-order valence-electron chi connectivity index (χ3n) is 4.23. The molecule has 25 heavy (non-hydrogen) atoms. The minimum Gasteiger partial charge on any atom is -0.351 e. The van der Waals surface area contributed by atoms with Gasteiger partial charge in [-0.25, -0.2) is 4.98 Å². The van der Waals surface area contributed by atoms with Crippen LogP contribution in [0.2, 0.25) is 0 Å². The van der Waals surface area contributed by atoms with Crippen LogP contribution in [0.1, 0.15) is 11.3 Å². The molecule has 1 aliphatic rings. The molecule has 7 nitrogen and oxygen atoms in total. The Kier molecular flexibility index (Phi) is 5.45. The number of aryl methyl sites for hydroxylation is 1. The highest BCUT2D eigenvalue weighted by atomic mass is 16.2. The van der Waals surface area contributed by atoms with Crippen LogP contribution in [-0.2, 0) is 11.3 Å². The highest BCUT2D eigenvalue weighted by Crippen LogP contribution is 2.09. The molecule has 0 radical (unpaired) electrons. The number of amides is 1. The molecule has 2 heterocycles. The quantitative estimate of drug-likeness (QED) is 0.828. The molecule has 132 valence electrons. The first-order valence-corrected chi connectivity index (χ1v) is 8.46. The van der Waals surface area contributed by atoms with Crippen molar-refractivity contribution in [3.05, 3.63) is 58.0 Å². The van der Waals surface area contributed by atoms with Gasteiger partial charge in [-0.15, -0.1) is 0 Å². The van der Waals surface area contributed by atoms with Crippen LogP contribution in [0.4, 0.5) is 5.95 Å². The van der Waals surface area contributed by atoms with Gasteiger partial charge in [0.15, 0.2) is 0 Å². The van der Waals surface area contributed by atoms with Gasteiger partial charge in [0, 0.05) is 44.5 Å². The summed E-state index contributed by atoms with van der Waals surface area (Å²) in [5.41, 5.74) is 1.67. The molecule has 0 atom stereocenters. The predicted molar refractivity (Wildman–Crippen MR) is 96.5 cm³/mol. The second-order valence-corrected chi connectivity index (χ2v) is 6.24. The van der Waals surface area contributed by atoms with Crippen molar-refractivity contribution in [1.82, 2.24) is 20.2 Å². The van der Waals surface area contributed by atoms with Crippen LogP contribution in [0, 0.1) is 6.92 Å². The zero-order valence-corrected chi connectivity index (χ0v) is 14.4. The van der Waals surface area contributed by atoms with E-state index in [0.29, 0.717) is 24.7 Å². The first-order chi connectivity index (χ1) is 12.1. The summed E-state index contributed by atoms with van der Waals surface area (Å²) in [7, 11) is 0. The van der Waals surface area contributed by atoms with Crippen LogP contribution >= 0.6 is 0 Å². The van der Waals surface area contributed by atoms with Gasteiger partial charge in [0.25, 0.3) is 5.56 Å². The van der Waals surface area contributed by atoms with Crippen LogP contribution < -0.4 is 15.8 Å². The van der Waals surface area contributed by atoms with E-state index in [0.717, 1.165) is 31.7 Å². The Morgan fingerprint density at radius 3 is 2.60 bits per heavy atom. The number of H-pyrrole nitrogens is 1. The molecule has 7 heteroatoms. The standard InChI is InChI=1S/C18H23N5O2/c1-14-11-16(24)21-18(20-14)23-9-7-22(8-10-23)13-17(25)19-12-15-5-3-2-4-6-15/h2-6,11H,7-10,12-13H2,1H3,(H,19,25)(H,20,21,24). The smallest absolute Gasteiger partial charge is 0.252 e. The number of hydrogen-bond acceptors (Lipinski definition) is 5. The Bertz CT molecular complexity index is 767. The third-order valence-corrected chi connectivity index (χ3v) is 4.23. The van der Waals surface area contributed by atoms with Crippen molar-refractivity contribution < 1.29 is 4.79 Å². The maximum atomic E-state index is 12.1. The molecular weight excluding hydrogens is 318 g/mol. The lowest BCUT2D eigenvalue weighted by atomic mass is 10.2. The topological polar surface area (TPSA) is 81.3 Å². The average molecular weight is 341 g/mol. The SMILES string of the molecule is Cc1cc(=O)[nH]c(N2CCN(CC(=O)NCc3ccccc3)CC2)n1. The Morgan fingerprint density at radius 2 is 1.92 bits per heavy atom. The lowest BCUT2D eigenvalue weighted by Crippen LogP contribution is -2.50. The second kappa shape index (κ2) is 7.94. The number of rotatable bonds is 5. The van der Waals surface area contributed by atoms with Gasteiger partial charge in [0.1, 0.15) is 0 Å². The van der Waals surface area contributed by atoms with E-state index in [1.165, 1.54) is 6.07 Å². The lowest BCUT2D eigenvalue weighted by Gasteiger charge is -2.34. The van der Waals surface area contributed by atoms with Gasteiger partial charge in [-0.3, -0.25) is 19.5 Å². The summed E-state index contributed by atoms with van der Waals surface area (Å²) < 4.78 is 0. The van der Waals surface area contributed by atoms with Crippen molar-refractivity contribution in [3.63, 3.8) is 0 Å². The maximum absolute atomic E-state index is 12.1. The number of hydrogen-bond donors (Lipinski definition) is 2. The van der Waals surface area contributed by atoms with Crippen LogP contribution in [0.3, 0.4) is 0 Å². The molecule has 0 aliphatic carbocycles. The van der Waals surface area contributed by atoms with E-state index in [-0.39, 0.29) is 11.5 Å². The number of piperazine rings is 1. The molecule has 0 unspecified atom stereocenters. The van der Waals surface area contributed by atoms with Gasteiger partial charge in [-0.1, -0.05) is 30.3 Å². The molecular formula is C18H23N5O2. The van der Waals surface area contributed by atoms with Gasteiger partial charge in [0.2, 0.25) is 11.9 Å². The summed E-state index contributed by atoms with van der Waals surface area (Å²) in [4.78, 5) is 35.0. The summed E-state index contributed by atoms with van der Waals surface area (Å²) in [5, 5.41) is 2.95. The van der Waals surface area contributed by atoms with E-state index in [1.807, 2.05) is 42.2 Å². The van der Waals surface area contributed by atoms with Gasteiger partial charge in [-0.2, -0.15) is 0 Å². The van der Waals surface area contributed by atoms with E-state index < -0.39 is 0 Å². The summed E-state index contributed by atoms with van der Waals surface area (Å²) in [5.74, 6) is 0.637. The first-order valence-electron chi connectivity index (χ1n) is 8.46. The molecule has 2 N–H and O–H groups in total. The minimum atomic E-state index is -0.134. The fourth-order valence-corrected chi connectivity index (χ4v) is 2.89. The van der Waals surface area contributed by atoms with Gasteiger partial charge in [0.05, 0.1) is 6.54 Å². The molecule has 1 fully saturated rings. The number of carbonyl (C=O) groups is 1. The molecule has 1 amide bonds. The third kappa shape index (κ3) is 4.90. The highest BCUT2D eigenvalue weighted by molar-refractivity contribution is 5.78. The molecule has 1 aromatic carbocycles. The Morgan fingerprint density at radius 1 is 1.20 bits per heavy atom. The average Bonchev–Trinajstić information content (AvgIpc) is 2.61. The molecule has 3 rings (SSSR count). The molecule has 0 bridgehead atoms. The predicted octanol–water partition coefficient (Wildman–Crippen LogP) is 0.517. The molecule has 2 aromatic rings. The fourth-order valence-electron chi connectivity index (χ4n) is 2.89. The number of anilines is 1. The van der Waals surface area contributed by atoms with Crippen molar-refractivity contribution >= 4 is 11.9 Å². The summed E-state index contributed by atoms with van der Waals surface area (Å²) >= 11 is 0. The maximum Gasteiger partial charge on any atom is 0.252 e. The van der Waals surface area contributed by atoms with Gasteiger partial charge >= 0.3 is 0 Å². The number of aromatic nitrogens is 2. The van der Waals surface area contributed by atoms with Crippen molar-refractivity contribution in [2.24, 2.45) is 0 Å². The molecule has 0 saturated carbocycles. The molecule has 0 spiro atoms. The Labute approximate surface area is 146 Å². The normalized spacial score (nSPS) is 15.2. The monoisotopic (exact) mass is 341 g/mol. The molecule has 1 saturated heterocycles. The number of aromatic amines is 1. The largest absolute Gasteiger partial charge is 0.351 e. The minimum absolute atomic E-state index is 0.0272. The van der Waals surface area contributed by atoms with Crippen molar-refractivity contribution in [3.8, 4) is 0 Å². The first kappa shape index (κ1) is 17.2. The van der Waals surface area contributed by atoms with Crippen LogP contribution in [0.5, 0.6) is 0 Å². The number of nitrogens with zero attached hydrogens (tertiary/aromatic N) is 3. The lowest BCUT2D eigenvalue weighted by molar-refractivity contribution is -0.122. The van der Waals surface area contributed by atoms with E-state index >= 15 is 0 Å². The van der Waals surface area contributed by atoms with Gasteiger partial charge in [-0.05, 0) is 12.5 Å². The molecule has 1 aromatic heterocycles. The number of carbonyl (C=O) groups excluding carboxylic acids is 1. The van der Waals surface area contributed by atoms with Crippen LogP contribution in [-0.4, -0.2) is 53.5 Å². The second-order valence-electron chi connectivity index (χ2n) is 6.24. The summed E-state index contributed by atoms with van der Waals surface area (Å²) in [6, 6.07) is 11.4. The zero-order valence-electron chi connectivity index (χ0n) is 14.4. The Balaban J connectivity index is 1.46. The zero-order chi connectivity index (χ0) is 17.6. The Hall–Kier alpha value is -2.67. The van der Waals surface area contributed by atoms with Crippen LogP contribution in [0.25, 0.3) is 0 Å². The van der Waals surface area contributed by atoms with Gasteiger partial charge < -0.3 is 10.2 Å². The van der Waals surface area contributed by atoms with E-state index in [1.54, 1.807) is 0 Å². The summed E-state index contributed by atoms with van der Waals surface area (Å²) in [6.07, 6.45) is 0. The van der Waals surface area contributed by atoms with Crippen molar-refractivity contribution in [2.75, 3.05) is 37.6 Å². The highest BCUT2D eigenvalue weighted by Gasteiger charge is 2.20. The van der Waals surface area contributed by atoms with E-state index in [4.69, 9.17) is 0 Å². The molecule has 1 aliphatic heterocycles. The number of benzene rings is 1. The van der Waals surface area contributed by atoms with E-state index in [9.17, 15) is 9.59 Å². The van der Waals surface area contributed by atoms with Crippen LogP contribution in [0.15, 0.2) is 41.2 Å². The van der Waals surface area contributed by atoms with Crippen molar-refractivity contribution in [1.29, 1.82) is 0 Å². The summed E-state index contributed by atoms with van der Waals surface area (Å²) in [6.45, 7) is 5.74.